The number of likely N-dealkylation sites (tertiary alicyclic amines) is 1. The van der Waals surface area contributed by atoms with E-state index in [4.69, 9.17) is 4.74 Å². The van der Waals surface area contributed by atoms with Crippen LogP contribution in [0.4, 0.5) is 13.2 Å². The lowest BCUT2D eigenvalue weighted by Gasteiger charge is -2.31. The third-order valence-electron chi connectivity index (χ3n) is 3.83. The van der Waals surface area contributed by atoms with E-state index in [1.165, 1.54) is 30.6 Å². The number of hydrogen-bond donors (Lipinski definition) is 0. The van der Waals surface area contributed by atoms with Gasteiger partial charge in [0.2, 0.25) is 5.82 Å². The molecule has 0 atom stereocenters. The van der Waals surface area contributed by atoms with Gasteiger partial charge in [-0.05, 0) is 18.2 Å². The highest BCUT2D eigenvalue weighted by atomic mass is 19.4. The first-order valence-corrected chi connectivity index (χ1v) is 7.99. The summed E-state index contributed by atoms with van der Waals surface area (Å²) in [6.45, 7) is 0.918. The summed E-state index contributed by atoms with van der Waals surface area (Å²) in [4.78, 5) is 21.8. The number of ether oxygens (including phenoxy) is 2. The average molecular weight is 367 g/mol. The fourth-order valence-electron chi connectivity index (χ4n) is 2.66. The number of halogens is 3. The first-order chi connectivity index (χ1) is 12.4. The molecule has 9 heteroatoms. The Morgan fingerprint density at radius 3 is 2.38 bits per heavy atom. The molecule has 1 aromatic carbocycles. The molecule has 1 aliphatic rings. The van der Waals surface area contributed by atoms with Gasteiger partial charge in [0.1, 0.15) is 17.6 Å². The molecule has 0 saturated carbocycles. The van der Waals surface area contributed by atoms with E-state index >= 15 is 0 Å². The van der Waals surface area contributed by atoms with E-state index < -0.39 is 6.36 Å². The van der Waals surface area contributed by atoms with Crippen molar-refractivity contribution in [2.75, 3.05) is 13.1 Å². The molecule has 0 unspecified atom stereocenters. The summed E-state index contributed by atoms with van der Waals surface area (Å²) in [6.07, 6.45) is -0.815. The first-order valence-electron chi connectivity index (χ1n) is 7.99. The summed E-state index contributed by atoms with van der Waals surface area (Å²) < 4.78 is 46.4. The zero-order chi connectivity index (χ0) is 18.6. The van der Waals surface area contributed by atoms with E-state index in [1.807, 2.05) is 0 Å². The van der Waals surface area contributed by atoms with E-state index in [2.05, 4.69) is 14.7 Å². The Labute approximate surface area is 147 Å². The Kier molecular flexibility index (Phi) is 5.24. The molecule has 0 aliphatic carbocycles. The van der Waals surface area contributed by atoms with Gasteiger partial charge in [-0.1, -0.05) is 6.07 Å². The van der Waals surface area contributed by atoms with Crippen LogP contribution in [0.25, 0.3) is 0 Å². The normalized spacial score (nSPS) is 15.6. The average Bonchev–Trinajstić information content (AvgIpc) is 2.61. The number of aromatic nitrogens is 2. The predicted molar refractivity (Wildman–Crippen MR) is 84.7 cm³/mol. The lowest BCUT2D eigenvalue weighted by molar-refractivity contribution is -0.274. The minimum atomic E-state index is -4.75. The van der Waals surface area contributed by atoms with Crippen LogP contribution in [0.3, 0.4) is 0 Å². The SMILES string of the molecule is O=C(c1ncccn1)N1CCC(Oc2cccc(OC(F)(F)F)c2)CC1. The van der Waals surface area contributed by atoms with Crippen molar-refractivity contribution in [3.05, 3.63) is 48.5 Å². The van der Waals surface area contributed by atoms with E-state index in [1.54, 1.807) is 17.0 Å². The molecule has 26 heavy (non-hydrogen) atoms. The number of piperidine rings is 1. The second kappa shape index (κ2) is 7.59. The van der Waals surface area contributed by atoms with Crippen LogP contribution in [-0.2, 0) is 0 Å². The van der Waals surface area contributed by atoms with Gasteiger partial charge in [-0.25, -0.2) is 9.97 Å². The van der Waals surface area contributed by atoms with Gasteiger partial charge < -0.3 is 14.4 Å². The predicted octanol–water partition coefficient (Wildman–Crippen LogP) is 3.06. The monoisotopic (exact) mass is 367 g/mol. The molecule has 1 amide bonds. The molecule has 1 aliphatic heterocycles. The van der Waals surface area contributed by atoms with Gasteiger partial charge in [-0.15, -0.1) is 13.2 Å². The maximum Gasteiger partial charge on any atom is 0.573 e. The number of benzene rings is 1. The van der Waals surface area contributed by atoms with E-state index in [9.17, 15) is 18.0 Å². The molecule has 6 nitrogen and oxygen atoms in total. The van der Waals surface area contributed by atoms with Gasteiger partial charge in [-0.3, -0.25) is 4.79 Å². The van der Waals surface area contributed by atoms with Crippen LogP contribution in [-0.4, -0.2) is 46.3 Å². The van der Waals surface area contributed by atoms with Crippen LogP contribution in [0.2, 0.25) is 0 Å². The van der Waals surface area contributed by atoms with Crippen LogP contribution in [0.5, 0.6) is 11.5 Å². The van der Waals surface area contributed by atoms with Crippen LogP contribution in [0.15, 0.2) is 42.7 Å². The van der Waals surface area contributed by atoms with Gasteiger partial charge in [0.15, 0.2) is 0 Å². The zero-order valence-corrected chi connectivity index (χ0v) is 13.6. The lowest BCUT2D eigenvalue weighted by atomic mass is 10.1. The molecule has 1 fully saturated rings. The Balaban J connectivity index is 1.54. The first kappa shape index (κ1) is 18.0. The summed E-state index contributed by atoms with van der Waals surface area (Å²) in [6, 6.07) is 7.04. The van der Waals surface area contributed by atoms with Crippen molar-refractivity contribution in [2.45, 2.75) is 25.3 Å². The highest BCUT2D eigenvalue weighted by Gasteiger charge is 2.31. The molecule has 2 aromatic rings. The summed E-state index contributed by atoms with van der Waals surface area (Å²) in [7, 11) is 0. The van der Waals surface area contributed by atoms with E-state index in [-0.39, 0.29) is 23.6 Å². The molecule has 0 N–H and O–H groups in total. The Morgan fingerprint density at radius 1 is 1.08 bits per heavy atom. The number of carbonyl (C=O) groups is 1. The molecule has 2 heterocycles. The number of nitrogens with zero attached hydrogens (tertiary/aromatic N) is 3. The second-order valence-electron chi connectivity index (χ2n) is 5.70. The van der Waals surface area contributed by atoms with Crippen molar-refractivity contribution in [1.29, 1.82) is 0 Å². The van der Waals surface area contributed by atoms with Crippen LogP contribution < -0.4 is 9.47 Å². The fraction of sp³-hybridized carbons (Fsp3) is 0.353. The summed E-state index contributed by atoms with van der Waals surface area (Å²) in [5.41, 5.74) is 0. The van der Waals surface area contributed by atoms with Crippen molar-refractivity contribution in [3.8, 4) is 11.5 Å². The summed E-state index contributed by atoms with van der Waals surface area (Å²) in [5.74, 6) is -0.139. The van der Waals surface area contributed by atoms with Gasteiger partial charge in [0, 0.05) is 44.4 Å². The van der Waals surface area contributed by atoms with Crippen molar-refractivity contribution >= 4 is 5.91 Å². The largest absolute Gasteiger partial charge is 0.573 e. The number of rotatable bonds is 4. The van der Waals surface area contributed by atoms with Gasteiger partial charge in [0.25, 0.3) is 5.91 Å². The summed E-state index contributed by atoms with van der Waals surface area (Å²) >= 11 is 0. The number of hydrogen-bond acceptors (Lipinski definition) is 5. The van der Waals surface area contributed by atoms with E-state index in [0.29, 0.717) is 31.7 Å². The van der Waals surface area contributed by atoms with Gasteiger partial charge >= 0.3 is 6.36 Å². The quantitative estimate of drug-likeness (QED) is 0.831. The number of carbonyl (C=O) groups excluding carboxylic acids is 1. The molecule has 0 radical (unpaired) electrons. The minimum Gasteiger partial charge on any atom is -0.490 e. The van der Waals surface area contributed by atoms with Crippen LogP contribution in [0, 0.1) is 0 Å². The van der Waals surface area contributed by atoms with Crippen molar-refractivity contribution < 1.29 is 27.4 Å². The van der Waals surface area contributed by atoms with Crippen molar-refractivity contribution in [3.63, 3.8) is 0 Å². The molecule has 0 bridgehead atoms. The van der Waals surface area contributed by atoms with Gasteiger partial charge in [-0.2, -0.15) is 0 Å². The molecule has 3 rings (SSSR count). The minimum absolute atomic E-state index is 0.142. The number of alkyl halides is 3. The molecule has 1 saturated heterocycles. The highest BCUT2D eigenvalue weighted by Crippen LogP contribution is 2.27. The molecule has 1 aromatic heterocycles. The standard InChI is InChI=1S/C17H16F3N3O3/c18-17(19,20)26-14-4-1-3-13(11-14)25-12-5-9-23(10-6-12)16(24)15-21-7-2-8-22-15/h1-4,7-8,11-12H,5-6,9-10H2. The van der Waals surface area contributed by atoms with Gasteiger partial charge in [0.05, 0.1) is 0 Å². The molecule has 138 valence electrons. The Morgan fingerprint density at radius 2 is 1.73 bits per heavy atom. The number of amides is 1. The Hall–Kier alpha value is -2.84. The topological polar surface area (TPSA) is 64.6 Å². The maximum atomic E-state index is 12.3. The van der Waals surface area contributed by atoms with E-state index in [0.717, 1.165) is 0 Å². The van der Waals surface area contributed by atoms with Crippen molar-refractivity contribution in [2.24, 2.45) is 0 Å². The Bertz CT molecular complexity index is 748. The third kappa shape index (κ3) is 4.84. The second-order valence-corrected chi connectivity index (χ2v) is 5.70. The summed E-state index contributed by atoms with van der Waals surface area (Å²) in [5, 5.41) is 0. The van der Waals surface area contributed by atoms with Crippen molar-refractivity contribution in [1.82, 2.24) is 14.9 Å². The maximum absolute atomic E-state index is 12.3. The smallest absolute Gasteiger partial charge is 0.490 e. The highest BCUT2D eigenvalue weighted by molar-refractivity contribution is 5.90. The lowest BCUT2D eigenvalue weighted by Crippen LogP contribution is -2.42. The fourth-order valence-corrected chi connectivity index (χ4v) is 2.66. The zero-order valence-electron chi connectivity index (χ0n) is 13.6. The van der Waals surface area contributed by atoms with Crippen LogP contribution in [0.1, 0.15) is 23.5 Å². The molecular formula is C17H16F3N3O3. The van der Waals surface area contributed by atoms with Crippen LogP contribution >= 0.6 is 0 Å². The molecule has 0 spiro atoms. The third-order valence-corrected chi connectivity index (χ3v) is 3.83. The molecular weight excluding hydrogens is 351 g/mol.